The second kappa shape index (κ2) is 5.29. The van der Waals surface area contributed by atoms with Crippen LogP contribution in [0.15, 0.2) is 29.6 Å². The Kier molecular flexibility index (Phi) is 3.76. The van der Waals surface area contributed by atoms with Crippen molar-refractivity contribution in [3.8, 4) is 10.6 Å². The van der Waals surface area contributed by atoms with Gasteiger partial charge in [0.15, 0.2) is 0 Å². The lowest BCUT2D eigenvalue weighted by Crippen LogP contribution is -2.06. The fourth-order valence-electron chi connectivity index (χ4n) is 1.43. The Balaban J connectivity index is 2.44. The topological polar surface area (TPSA) is 39.2 Å². The quantitative estimate of drug-likeness (QED) is 0.797. The summed E-state index contributed by atoms with van der Waals surface area (Å²) in [4.78, 5) is 15.9. The van der Waals surface area contributed by atoms with Crippen LogP contribution in [0.4, 0.5) is 0 Å². The fourth-order valence-corrected chi connectivity index (χ4v) is 2.42. The molecule has 1 heterocycles. The van der Waals surface area contributed by atoms with E-state index in [1.807, 2.05) is 12.1 Å². The van der Waals surface area contributed by atoms with Crippen molar-refractivity contribution in [3.63, 3.8) is 0 Å². The molecular formula is C12H10ClNO2S. The number of carbonyl (C=O) groups is 1. The van der Waals surface area contributed by atoms with Crippen molar-refractivity contribution in [1.82, 2.24) is 4.98 Å². The normalized spacial score (nSPS) is 10.2. The second-order valence-corrected chi connectivity index (χ2v) is 4.49. The fraction of sp³-hybridized carbons (Fsp3) is 0.167. The summed E-state index contributed by atoms with van der Waals surface area (Å²) in [5, 5.41) is 2.89. The first-order valence-corrected chi connectivity index (χ1v) is 6.35. The molecule has 0 saturated carbocycles. The maximum absolute atomic E-state index is 11.8. The predicted octanol–water partition coefficient (Wildman–Crippen LogP) is 3.64. The van der Waals surface area contributed by atoms with Crippen LogP contribution in [-0.2, 0) is 4.74 Å². The van der Waals surface area contributed by atoms with E-state index in [1.165, 1.54) is 11.3 Å². The van der Waals surface area contributed by atoms with Crippen molar-refractivity contribution in [3.05, 3.63) is 40.4 Å². The van der Waals surface area contributed by atoms with Crippen LogP contribution in [-0.4, -0.2) is 17.6 Å². The number of hydrogen-bond donors (Lipinski definition) is 0. The first-order chi connectivity index (χ1) is 8.22. The lowest BCUT2D eigenvalue weighted by Gasteiger charge is -2.05. The average Bonchev–Trinajstić information content (AvgIpc) is 2.76. The summed E-state index contributed by atoms with van der Waals surface area (Å²) in [7, 11) is 0. The van der Waals surface area contributed by atoms with E-state index in [0.29, 0.717) is 17.3 Å². The molecule has 88 valence electrons. The van der Waals surface area contributed by atoms with Crippen LogP contribution < -0.4 is 0 Å². The number of benzene rings is 1. The van der Waals surface area contributed by atoms with Gasteiger partial charge in [-0.3, -0.25) is 0 Å². The molecule has 2 aromatic rings. The van der Waals surface area contributed by atoms with E-state index in [1.54, 1.807) is 24.4 Å². The molecule has 0 aliphatic carbocycles. The Morgan fingerprint density at radius 2 is 2.24 bits per heavy atom. The molecule has 1 aromatic carbocycles. The zero-order valence-corrected chi connectivity index (χ0v) is 10.7. The minimum absolute atomic E-state index is 0.338. The highest BCUT2D eigenvalue weighted by molar-refractivity contribution is 7.13. The van der Waals surface area contributed by atoms with Crippen LogP contribution >= 0.6 is 22.9 Å². The maximum Gasteiger partial charge on any atom is 0.338 e. The molecule has 0 saturated heterocycles. The summed E-state index contributed by atoms with van der Waals surface area (Å²) in [6.07, 6.45) is 0. The third-order valence-electron chi connectivity index (χ3n) is 2.13. The van der Waals surface area contributed by atoms with E-state index in [2.05, 4.69) is 4.98 Å². The van der Waals surface area contributed by atoms with Gasteiger partial charge in [0.05, 0.1) is 12.2 Å². The van der Waals surface area contributed by atoms with Gasteiger partial charge in [-0.15, -0.1) is 11.3 Å². The predicted molar refractivity (Wildman–Crippen MR) is 68.5 cm³/mol. The molecule has 3 nitrogen and oxygen atoms in total. The van der Waals surface area contributed by atoms with Gasteiger partial charge >= 0.3 is 5.97 Å². The van der Waals surface area contributed by atoms with E-state index < -0.39 is 0 Å². The molecule has 0 atom stereocenters. The van der Waals surface area contributed by atoms with Crippen molar-refractivity contribution >= 4 is 28.9 Å². The Hall–Kier alpha value is -1.39. The number of nitrogens with zero attached hydrogens (tertiary/aromatic N) is 1. The Morgan fingerprint density at radius 3 is 2.88 bits per heavy atom. The number of ether oxygens (including phenoxy) is 1. The molecule has 0 fully saturated rings. The van der Waals surface area contributed by atoms with Gasteiger partial charge in [-0.1, -0.05) is 29.8 Å². The molecule has 0 amide bonds. The van der Waals surface area contributed by atoms with Crippen molar-refractivity contribution in [1.29, 1.82) is 0 Å². The lowest BCUT2D eigenvalue weighted by atomic mass is 10.1. The van der Waals surface area contributed by atoms with Gasteiger partial charge in [-0.25, -0.2) is 9.78 Å². The molecule has 0 unspecified atom stereocenters. The molecule has 1 aromatic heterocycles. The van der Waals surface area contributed by atoms with E-state index >= 15 is 0 Å². The molecule has 17 heavy (non-hydrogen) atoms. The summed E-state index contributed by atoms with van der Waals surface area (Å²) in [6.45, 7) is 2.13. The van der Waals surface area contributed by atoms with Crippen LogP contribution in [0.5, 0.6) is 0 Å². The summed E-state index contributed by atoms with van der Waals surface area (Å²) < 4.78 is 5.00. The smallest absolute Gasteiger partial charge is 0.338 e. The highest BCUT2D eigenvalue weighted by atomic mass is 35.5. The minimum Gasteiger partial charge on any atom is -0.462 e. The number of hydrogen-bond acceptors (Lipinski definition) is 4. The molecule has 5 heteroatoms. The summed E-state index contributed by atoms with van der Waals surface area (Å²) in [5.74, 6) is -0.338. The molecule has 0 aliphatic rings. The third-order valence-corrected chi connectivity index (χ3v) is 3.33. The van der Waals surface area contributed by atoms with Gasteiger partial charge in [0.25, 0.3) is 0 Å². The van der Waals surface area contributed by atoms with Gasteiger partial charge < -0.3 is 4.74 Å². The van der Waals surface area contributed by atoms with Crippen LogP contribution in [0.25, 0.3) is 10.6 Å². The highest BCUT2D eigenvalue weighted by Gasteiger charge is 2.15. The maximum atomic E-state index is 11.8. The van der Waals surface area contributed by atoms with E-state index in [9.17, 15) is 4.79 Å². The van der Waals surface area contributed by atoms with E-state index in [-0.39, 0.29) is 5.97 Å². The van der Waals surface area contributed by atoms with Crippen LogP contribution in [0.1, 0.15) is 17.3 Å². The van der Waals surface area contributed by atoms with Crippen LogP contribution in [0, 0.1) is 0 Å². The van der Waals surface area contributed by atoms with Crippen molar-refractivity contribution in [2.75, 3.05) is 6.61 Å². The summed E-state index contributed by atoms with van der Waals surface area (Å²) in [6, 6.07) is 7.21. The number of rotatable bonds is 3. The molecule has 0 spiro atoms. The lowest BCUT2D eigenvalue weighted by molar-refractivity contribution is 0.0527. The molecular weight excluding hydrogens is 258 g/mol. The first kappa shape index (κ1) is 12.1. The van der Waals surface area contributed by atoms with Crippen molar-refractivity contribution in [2.45, 2.75) is 6.92 Å². The van der Waals surface area contributed by atoms with Crippen molar-refractivity contribution in [2.24, 2.45) is 0 Å². The van der Waals surface area contributed by atoms with Gasteiger partial charge in [0, 0.05) is 10.9 Å². The SMILES string of the molecule is CCOC(=O)c1ccccc1-c1nc(Cl)cs1. The Morgan fingerprint density at radius 1 is 1.47 bits per heavy atom. The Bertz CT molecular complexity index is 539. The molecule has 0 N–H and O–H groups in total. The largest absolute Gasteiger partial charge is 0.462 e. The van der Waals surface area contributed by atoms with E-state index in [4.69, 9.17) is 16.3 Å². The monoisotopic (exact) mass is 267 g/mol. The van der Waals surface area contributed by atoms with Crippen LogP contribution in [0.3, 0.4) is 0 Å². The summed E-state index contributed by atoms with van der Waals surface area (Å²) >= 11 is 7.19. The molecule has 2 rings (SSSR count). The van der Waals surface area contributed by atoms with E-state index in [0.717, 1.165) is 10.6 Å². The zero-order valence-electron chi connectivity index (χ0n) is 9.14. The number of halogens is 1. The molecule has 0 aliphatic heterocycles. The Labute approximate surface area is 108 Å². The number of carbonyl (C=O) groups excluding carboxylic acids is 1. The first-order valence-electron chi connectivity index (χ1n) is 5.10. The third kappa shape index (κ3) is 2.65. The van der Waals surface area contributed by atoms with Gasteiger partial charge in [-0.05, 0) is 13.0 Å². The zero-order chi connectivity index (χ0) is 12.3. The van der Waals surface area contributed by atoms with Crippen molar-refractivity contribution < 1.29 is 9.53 Å². The second-order valence-electron chi connectivity index (χ2n) is 3.24. The number of aromatic nitrogens is 1. The number of thiazole rings is 1. The van der Waals surface area contributed by atoms with Gasteiger partial charge in [0.1, 0.15) is 10.2 Å². The van der Waals surface area contributed by atoms with Gasteiger partial charge in [0.2, 0.25) is 0 Å². The van der Waals surface area contributed by atoms with Gasteiger partial charge in [-0.2, -0.15) is 0 Å². The number of esters is 1. The molecule has 0 radical (unpaired) electrons. The highest BCUT2D eigenvalue weighted by Crippen LogP contribution is 2.28. The van der Waals surface area contributed by atoms with Crippen LogP contribution in [0.2, 0.25) is 5.15 Å². The molecule has 0 bridgehead atoms. The average molecular weight is 268 g/mol. The summed E-state index contributed by atoms with van der Waals surface area (Å²) in [5.41, 5.74) is 1.27. The standard InChI is InChI=1S/C12H10ClNO2S/c1-2-16-12(15)9-6-4-3-5-8(9)11-14-10(13)7-17-11/h3-7H,2H2,1H3. The minimum atomic E-state index is -0.338.